The third kappa shape index (κ3) is 6.52. The number of hydrogen-bond acceptors (Lipinski definition) is 4. The molecule has 1 saturated heterocycles. The highest BCUT2D eigenvalue weighted by Gasteiger charge is 2.25. The van der Waals surface area contributed by atoms with E-state index in [1.54, 1.807) is 24.3 Å². The van der Waals surface area contributed by atoms with Gasteiger partial charge in [0, 0.05) is 28.7 Å². The fraction of sp³-hybridized carbons (Fsp3) is 0.240. The molecule has 3 aromatic rings. The van der Waals surface area contributed by atoms with Gasteiger partial charge in [-0.1, -0.05) is 41.4 Å². The van der Waals surface area contributed by atoms with Crippen LogP contribution < -0.4 is 10.0 Å². The molecule has 0 saturated carbocycles. The molecule has 3 aromatic carbocycles. The molecule has 35 heavy (non-hydrogen) atoms. The summed E-state index contributed by atoms with van der Waals surface area (Å²) in [5, 5.41) is 3.44. The number of likely N-dealkylation sites (tertiary alicyclic amines) is 1. The Hall–Kier alpha value is -2.65. The van der Waals surface area contributed by atoms with E-state index in [2.05, 4.69) is 14.9 Å². The fourth-order valence-corrected chi connectivity index (χ4v) is 5.55. The fourth-order valence-electron chi connectivity index (χ4n) is 3.96. The molecule has 0 aromatic heterocycles. The van der Waals surface area contributed by atoms with E-state index in [1.165, 1.54) is 36.4 Å². The largest absolute Gasteiger partial charge is 0.326 e. The number of hydrogen-bond donors (Lipinski definition) is 2. The van der Waals surface area contributed by atoms with Gasteiger partial charge in [-0.3, -0.25) is 14.4 Å². The van der Waals surface area contributed by atoms with E-state index >= 15 is 0 Å². The zero-order valence-corrected chi connectivity index (χ0v) is 21.0. The van der Waals surface area contributed by atoms with Crippen molar-refractivity contribution in [1.82, 2.24) is 4.90 Å². The Balaban J connectivity index is 1.31. The van der Waals surface area contributed by atoms with Crippen LogP contribution in [0.15, 0.2) is 71.6 Å². The number of piperidine rings is 1. The van der Waals surface area contributed by atoms with Crippen molar-refractivity contribution in [2.24, 2.45) is 5.92 Å². The lowest BCUT2D eigenvalue weighted by molar-refractivity contribution is -0.121. The van der Waals surface area contributed by atoms with E-state index < -0.39 is 10.0 Å². The van der Waals surface area contributed by atoms with E-state index in [0.717, 1.165) is 0 Å². The average molecular weight is 536 g/mol. The topological polar surface area (TPSA) is 78.5 Å². The van der Waals surface area contributed by atoms with Gasteiger partial charge in [0.05, 0.1) is 15.6 Å². The second-order valence-corrected chi connectivity index (χ2v) is 10.9. The molecule has 4 rings (SSSR count). The van der Waals surface area contributed by atoms with Gasteiger partial charge in [-0.15, -0.1) is 0 Å². The third-order valence-electron chi connectivity index (χ3n) is 5.92. The van der Waals surface area contributed by atoms with E-state index in [1.807, 2.05) is 6.07 Å². The summed E-state index contributed by atoms with van der Waals surface area (Å²) >= 11 is 11.9. The van der Waals surface area contributed by atoms with E-state index in [9.17, 15) is 17.6 Å². The average Bonchev–Trinajstić information content (AvgIpc) is 2.83. The van der Waals surface area contributed by atoms with E-state index in [4.69, 9.17) is 23.2 Å². The van der Waals surface area contributed by atoms with Gasteiger partial charge in [-0.05, 0) is 74.5 Å². The Morgan fingerprint density at radius 1 is 1.00 bits per heavy atom. The first-order valence-corrected chi connectivity index (χ1v) is 13.3. The molecule has 1 heterocycles. The predicted octanol–water partition coefficient (Wildman–Crippen LogP) is 5.78. The number of nitrogens with one attached hydrogen (secondary N) is 2. The first-order chi connectivity index (χ1) is 16.7. The first-order valence-electron chi connectivity index (χ1n) is 11.1. The Bertz CT molecular complexity index is 1310. The molecule has 0 bridgehead atoms. The number of halogens is 3. The Morgan fingerprint density at radius 3 is 2.34 bits per heavy atom. The van der Waals surface area contributed by atoms with Crippen LogP contribution >= 0.6 is 23.2 Å². The van der Waals surface area contributed by atoms with E-state index in [0.29, 0.717) is 48.7 Å². The van der Waals surface area contributed by atoms with Crippen molar-refractivity contribution in [1.29, 1.82) is 0 Å². The molecule has 1 aliphatic heterocycles. The summed E-state index contributed by atoms with van der Waals surface area (Å²) < 4.78 is 41.7. The smallest absolute Gasteiger partial charge is 0.261 e. The molecule has 0 radical (unpaired) electrons. The number of rotatable bonds is 7. The standard InChI is InChI=1S/C25H24Cl2FN3O3S/c26-19-5-10-24(22(27)15-19)30-35(33,34)21-8-6-20(7-9-21)29-25(32)17-11-13-31(14-12-17)16-18-3-1-2-4-23(18)28/h1-10,15,17,30H,11-14,16H2,(H,29,32). The molecule has 1 amide bonds. The number of sulfonamides is 1. The van der Waals surface area contributed by atoms with Gasteiger partial charge in [0.2, 0.25) is 5.91 Å². The minimum atomic E-state index is -3.87. The minimum Gasteiger partial charge on any atom is -0.326 e. The molecule has 0 aliphatic carbocycles. The van der Waals surface area contributed by atoms with Crippen LogP contribution in [0.3, 0.4) is 0 Å². The summed E-state index contributed by atoms with van der Waals surface area (Å²) in [7, 11) is -3.87. The van der Waals surface area contributed by atoms with Crippen molar-refractivity contribution in [3.63, 3.8) is 0 Å². The van der Waals surface area contributed by atoms with E-state index in [-0.39, 0.29) is 33.2 Å². The van der Waals surface area contributed by atoms with Gasteiger partial charge in [-0.2, -0.15) is 0 Å². The Labute approximate surface area is 214 Å². The minimum absolute atomic E-state index is 0.0305. The van der Waals surface area contributed by atoms with Gasteiger partial charge >= 0.3 is 0 Å². The molecule has 0 unspecified atom stereocenters. The van der Waals surface area contributed by atoms with Crippen molar-refractivity contribution in [2.45, 2.75) is 24.3 Å². The Kier molecular flexibility index (Phi) is 7.96. The van der Waals surface area contributed by atoms with Gasteiger partial charge in [0.15, 0.2) is 0 Å². The number of anilines is 2. The molecule has 2 N–H and O–H groups in total. The molecular weight excluding hydrogens is 512 g/mol. The molecular formula is C25H24Cl2FN3O3S. The normalized spacial score (nSPS) is 15.1. The molecule has 6 nitrogen and oxygen atoms in total. The first kappa shape index (κ1) is 25.4. The SMILES string of the molecule is O=C(Nc1ccc(S(=O)(=O)Nc2ccc(Cl)cc2Cl)cc1)C1CCN(Cc2ccccc2F)CC1. The zero-order valence-electron chi connectivity index (χ0n) is 18.7. The van der Waals surface area contributed by atoms with Gasteiger partial charge in [0.1, 0.15) is 5.82 Å². The highest BCUT2D eigenvalue weighted by atomic mass is 35.5. The summed E-state index contributed by atoms with van der Waals surface area (Å²) in [6.45, 7) is 1.91. The monoisotopic (exact) mass is 535 g/mol. The van der Waals surface area contributed by atoms with Crippen LogP contribution in [0, 0.1) is 11.7 Å². The number of nitrogens with zero attached hydrogens (tertiary/aromatic N) is 1. The number of carbonyl (C=O) groups is 1. The van der Waals surface area contributed by atoms with Crippen molar-refractivity contribution in [3.8, 4) is 0 Å². The molecule has 0 atom stereocenters. The van der Waals surface area contributed by atoms with Crippen molar-refractivity contribution in [2.75, 3.05) is 23.1 Å². The third-order valence-corrected chi connectivity index (χ3v) is 7.85. The van der Waals surface area contributed by atoms with Crippen molar-refractivity contribution < 1.29 is 17.6 Å². The maximum absolute atomic E-state index is 13.9. The predicted molar refractivity (Wildman–Crippen MR) is 137 cm³/mol. The summed E-state index contributed by atoms with van der Waals surface area (Å²) in [6.07, 6.45) is 1.33. The van der Waals surface area contributed by atoms with Crippen LogP contribution in [0.2, 0.25) is 10.0 Å². The molecule has 1 aliphatic rings. The summed E-state index contributed by atoms with van der Waals surface area (Å²) in [5.74, 6) is -0.495. The van der Waals surface area contributed by atoms with Gasteiger partial charge in [0.25, 0.3) is 10.0 Å². The lowest BCUT2D eigenvalue weighted by Crippen LogP contribution is -2.37. The summed E-state index contributed by atoms with van der Waals surface area (Å²) in [6, 6.07) is 17.1. The quantitative estimate of drug-likeness (QED) is 0.401. The van der Waals surface area contributed by atoms with Gasteiger partial charge < -0.3 is 5.32 Å². The van der Waals surface area contributed by atoms with Crippen LogP contribution in [0.5, 0.6) is 0 Å². The van der Waals surface area contributed by atoms with Crippen LogP contribution in [0.4, 0.5) is 15.8 Å². The van der Waals surface area contributed by atoms with Crippen molar-refractivity contribution >= 4 is 50.5 Å². The summed E-state index contributed by atoms with van der Waals surface area (Å²) in [4.78, 5) is 14.9. The summed E-state index contributed by atoms with van der Waals surface area (Å²) in [5.41, 5.74) is 1.38. The molecule has 1 fully saturated rings. The maximum atomic E-state index is 13.9. The lowest BCUT2D eigenvalue weighted by Gasteiger charge is -2.31. The Morgan fingerprint density at radius 2 is 1.69 bits per heavy atom. The maximum Gasteiger partial charge on any atom is 0.261 e. The van der Waals surface area contributed by atoms with Crippen molar-refractivity contribution in [3.05, 3.63) is 88.2 Å². The second kappa shape index (κ2) is 11.0. The zero-order chi connectivity index (χ0) is 25.0. The van der Waals surface area contributed by atoms with Crippen LogP contribution in [-0.4, -0.2) is 32.3 Å². The van der Waals surface area contributed by atoms with Crippen LogP contribution in [0.25, 0.3) is 0 Å². The van der Waals surface area contributed by atoms with Crippen LogP contribution in [0.1, 0.15) is 18.4 Å². The van der Waals surface area contributed by atoms with Gasteiger partial charge in [-0.25, -0.2) is 12.8 Å². The number of benzene rings is 3. The van der Waals surface area contributed by atoms with Crippen LogP contribution in [-0.2, 0) is 21.4 Å². The lowest BCUT2D eigenvalue weighted by atomic mass is 9.95. The molecule has 184 valence electrons. The highest BCUT2D eigenvalue weighted by Crippen LogP contribution is 2.28. The molecule has 10 heteroatoms. The second-order valence-electron chi connectivity index (χ2n) is 8.39. The highest BCUT2D eigenvalue weighted by molar-refractivity contribution is 7.92. The molecule has 0 spiro atoms. The number of carbonyl (C=O) groups excluding carboxylic acids is 1. The number of amides is 1.